The molecular weight excluding hydrogens is 439 g/mol. The van der Waals surface area contributed by atoms with Crippen LogP contribution in [0.15, 0.2) is 0 Å². The van der Waals surface area contributed by atoms with Gasteiger partial charge in [0.05, 0.1) is 0 Å². The third kappa shape index (κ3) is 10.9. The summed E-state index contributed by atoms with van der Waals surface area (Å²) in [6.07, 6.45) is 13.0. The van der Waals surface area contributed by atoms with E-state index in [1.165, 1.54) is 57.8 Å². The summed E-state index contributed by atoms with van der Waals surface area (Å²) in [6.45, 7) is 6.96. The summed E-state index contributed by atoms with van der Waals surface area (Å²) in [5.41, 5.74) is 0. The molecule has 104 valence electrons. The van der Waals surface area contributed by atoms with Crippen molar-refractivity contribution in [3.8, 4) is 0 Å². The molecule has 0 atom stereocenters. The molecule has 0 heterocycles. The van der Waals surface area contributed by atoms with Gasteiger partial charge in [-0.3, -0.25) is 0 Å². The van der Waals surface area contributed by atoms with Crippen molar-refractivity contribution < 1.29 is 17.6 Å². The second-order valence-electron chi connectivity index (χ2n) is 5.52. The topological polar surface area (TPSA) is 0 Å². The Morgan fingerprint density at radius 1 is 0.588 bits per heavy atom. The van der Waals surface area contributed by atoms with E-state index in [0.717, 1.165) is 0 Å². The summed E-state index contributed by atoms with van der Waals surface area (Å²) in [6, 6.07) is 0. The van der Waals surface area contributed by atoms with Crippen LogP contribution in [0.25, 0.3) is 0 Å². The van der Waals surface area contributed by atoms with E-state index >= 15 is 0 Å². The first-order valence-electron chi connectivity index (χ1n) is 7.87. The molecule has 0 spiro atoms. The number of halogens is 1. The molecule has 0 bridgehead atoms. The Kier molecular flexibility index (Phi) is 13.4. The van der Waals surface area contributed by atoms with E-state index in [1.807, 2.05) is 0 Å². The quantitative estimate of drug-likeness (QED) is 0.207. The molecule has 0 aliphatic heterocycles. The monoisotopic (exact) mass is 472 g/mol. The first kappa shape index (κ1) is 18.4. The van der Waals surface area contributed by atoms with Gasteiger partial charge >= 0.3 is 121 Å². The molecule has 0 nitrogen and oxygen atoms in total. The van der Waals surface area contributed by atoms with E-state index in [0.29, 0.717) is 0 Å². The molecule has 0 saturated heterocycles. The fraction of sp³-hybridized carbons (Fsp3) is 1.00. The Balaban J connectivity index is 3.95. The van der Waals surface area contributed by atoms with E-state index in [4.69, 9.17) is 0 Å². The van der Waals surface area contributed by atoms with Crippen LogP contribution in [0.2, 0.25) is 12.5 Å². The van der Waals surface area contributed by atoms with Crippen molar-refractivity contribution >= 4 is 12.3 Å². The van der Waals surface area contributed by atoms with Crippen LogP contribution in [0, 0.1) is 0 Å². The zero-order chi connectivity index (χ0) is 13.0. The van der Waals surface area contributed by atoms with E-state index in [1.54, 1.807) is 12.5 Å². The van der Waals surface area contributed by atoms with Gasteiger partial charge in [-0.2, -0.15) is 0 Å². The van der Waals surface area contributed by atoms with Crippen molar-refractivity contribution in [3.05, 3.63) is 0 Å². The Labute approximate surface area is 120 Å². The molecule has 0 aromatic rings. The Morgan fingerprint density at radius 2 is 0.882 bits per heavy atom. The molecule has 0 saturated carbocycles. The SMILES string of the molecule is CCCC[CH2][Hf]([Br])([CH2]CCCC)[CH2]CCCC. The van der Waals surface area contributed by atoms with Gasteiger partial charge in [0, 0.05) is 0 Å². The minimum atomic E-state index is -1.96. The van der Waals surface area contributed by atoms with Crippen LogP contribution in [-0.2, 0) is 17.6 Å². The third-order valence-corrected chi connectivity index (χ3v) is 26.9. The summed E-state index contributed by atoms with van der Waals surface area (Å²) in [7, 11) is 0. The van der Waals surface area contributed by atoms with Crippen LogP contribution >= 0.6 is 12.3 Å². The van der Waals surface area contributed by atoms with Crippen molar-refractivity contribution in [1.29, 1.82) is 0 Å². The summed E-state index contributed by atoms with van der Waals surface area (Å²) in [5.74, 6) is 0. The molecule has 0 aromatic carbocycles. The van der Waals surface area contributed by atoms with Gasteiger partial charge in [0.25, 0.3) is 0 Å². The fourth-order valence-corrected chi connectivity index (χ4v) is 21.6. The van der Waals surface area contributed by atoms with Crippen molar-refractivity contribution in [2.24, 2.45) is 0 Å². The molecule has 0 N–H and O–H groups in total. The predicted molar refractivity (Wildman–Crippen MR) is 81.9 cm³/mol. The van der Waals surface area contributed by atoms with Crippen LogP contribution in [0.3, 0.4) is 0 Å². The van der Waals surface area contributed by atoms with Gasteiger partial charge in [0.1, 0.15) is 0 Å². The number of hydrogen-bond donors (Lipinski definition) is 0. The molecule has 0 rings (SSSR count). The maximum absolute atomic E-state index is 4.30. The maximum atomic E-state index is 4.30. The minimum absolute atomic E-state index is 1.38. The van der Waals surface area contributed by atoms with Gasteiger partial charge in [-0.05, 0) is 0 Å². The average molecular weight is 472 g/mol. The van der Waals surface area contributed by atoms with Gasteiger partial charge in [-0.15, -0.1) is 0 Å². The van der Waals surface area contributed by atoms with Crippen LogP contribution in [0.5, 0.6) is 0 Å². The molecule has 0 radical (unpaired) electrons. The van der Waals surface area contributed by atoms with Crippen LogP contribution in [-0.4, -0.2) is 0 Å². The molecule has 0 aromatic heterocycles. The number of unbranched alkanes of at least 4 members (excludes halogenated alkanes) is 6. The summed E-state index contributed by atoms with van der Waals surface area (Å²) >= 11 is 2.34. The van der Waals surface area contributed by atoms with Gasteiger partial charge in [-0.25, -0.2) is 0 Å². The van der Waals surface area contributed by atoms with Gasteiger partial charge in [-0.1, -0.05) is 0 Å². The van der Waals surface area contributed by atoms with E-state index in [9.17, 15) is 0 Å². The Bertz CT molecular complexity index is 132. The van der Waals surface area contributed by atoms with Gasteiger partial charge < -0.3 is 0 Å². The predicted octanol–water partition coefficient (Wildman–Crippen LogP) is 7.28. The van der Waals surface area contributed by atoms with Crippen molar-refractivity contribution in [2.75, 3.05) is 0 Å². The van der Waals surface area contributed by atoms with Crippen LogP contribution in [0.4, 0.5) is 0 Å². The normalized spacial score (nSPS) is 12.0. The zero-order valence-corrected chi connectivity index (χ0v) is 17.5. The molecule has 0 unspecified atom stereocenters. The molecule has 0 aliphatic rings. The first-order chi connectivity index (χ1) is 8.18. The fourth-order valence-electron chi connectivity index (χ4n) is 2.45. The summed E-state index contributed by atoms with van der Waals surface area (Å²) in [4.78, 5) is 0. The molecule has 0 amide bonds. The van der Waals surface area contributed by atoms with Gasteiger partial charge in [0.15, 0.2) is 0 Å². The zero-order valence-electron chi connectivity index (χ0n) is 12.4. The third-order valence-electron chi connectivity index (χ3n) is 3.69. The van der Waals surface area contributed by atoms with E-state index in [2.05, 4.69) is 33.1 Å². The van der Waals surface area contributed by atoms with Crippen LogP contribution < -0.4 is 0 Å². The molecule has 17 heavy (non-hydrogen) atoms. The van der Waals surface area contributed by atoms with Crippen molar-refractivity contribution in [2.45, 2.75) is 91.1 Å². The van der Waals surface area contributed by atoms with E-state index < -0.39 is 17.6 Å². The molecular formula is C15H33BrHf. The second kappa shape index (κ2) is 12.4. The molecule has 2 heteroatoms. The number of hydrogen-bond acceptors (Lipinski definition) is 0. The first-order valence-corrected chi connectivity index (χ1v) is 23.3. The Morgan fingerprint density at radius 3 is 1.12 bits per heavy atom. The summed E-state index contributed by atoms with van der Waals surface area (Å²) < 4.78 is 4.82. The second-order valence-corrected chi connectivity index (χ2v) is 33.0. The van der Waals surface area contributed by atoms with Gasteiger partial charge in [0.2, 0.25) is 0 Å². The van der Waals surface area contributed by atoms with Crippen molar-refractivity contribution in [1.82, 2.24) is 0 Å². The van der Waals surface area contributed by atoms with Crippen molar-refractivity contribution in [3.63, 3.8) is 0 Å². The van der Waals surface area contributed by atoms with E-state index in [-0.39, 0.29) is 0 Å². The molecule has 0 aliphatic carbocycles. The van der Waals surface area contributed by atoms with Crippen LogP contribution in [0.1, 0.15) is 78.6 Å². The number of rotatable bonds is 12. The standard InChI is InChI=1S/3C5H11.BrH.Hf/c3*1-3-5-4-2;;/h3*1,3-5H2,2H3;1H;/q;;;;+1/p-1. The average Bonchev–Trinajstić information content (AvgIpc) is 2.30. The molecule has 0 fully saturated rings. The summed E-state index contributed by atoms with van der Waals surface area (Å²) in [5, 5.41) is 0. The Hall–Kier alpha value is 1.35.